The Hall–Kier alpha value is -2.37. The molecule has 0 aromatic heterocycles. The number of carboxylic acid groups (broad SMARTS) is 1. The van der Waals surface area contributed by atoms with Crippen LogP contribution in [0.1, 0.15) is 12.5 Å². The number of ketones is 1. The molecular formula is C14H15NO5. The Labute approximate surface area is 115 Å². The normalized spacial score (nSPS) is 21.9. The number of carbonyl (C=O) groups excluding carboxylic acids is 2. The highest BCUT2D eigenvalue weighted by atomic mass is 16.6. The van der Waals surface area contributed by atoms with Gasteiger partial charge >= 0.3 is 12.1 Å². The Kier molecular flexibility index (Phi) is 4.02. The molecule has 6 heteroatoms. The van der Waals surface area contributed by atoms with Crippen LogP contribution in [0, 0.1) is 5.92 Å². The van der Waals surface area contributed by atoms with E-state index >= 15 is 0 Å². The summed E-state index contributed by atoms with van der Waals surface area (Å²) in [5.74, 6) is -2.18. The zero-order chi connectivity index (χ0) is 14.7. The largest absolute Gasteiger partial charge is 0.480 e. The second-order valence-electron chi connectivity index (χ2n) is 4.71. The Bertz CT molecular complexity index is 528. The molecule has 1 aliphatic rings. The van der Waals surface area contributed by atoms with Crippen LogP contribution in [0.15, 0.2) is 30.3 Å². The summed E-state index contributed by atoms with van der Waals surface area (Å²) in [5, 5.41) is 9.10. The van der Waals surface area contributed by atoms with Crippen LogP contribution < -0.4 is 0 Å². The van der Waals surface area contributed by atoms with E-state index in [-0.39, 0.29) is 18.9 Å². The summed E-state index contributed by atoms with van der Waals surface area (Å²) in [6.07, 6.45) is -0.779. The van der Waals surface area contributed by atoms with Crippen molar-refractivity contribution < 1.29 is 24.2 Å². The third-order valence-electron chi connectivity index (χ3n) is 3.34. The minimum Gasteiger partial charge on any atom is -0.480 e. The number of ether oxygens (including phenoxy) is 1. The third-order valence-corrected chi connectivity index (χ3v) is 3.34. The van der Waals surface area contributed by atoms with Gasteiger partial charge in [-0.25, -0.2) is 9.59 Å². The van der Waals surface area contributed by atoms with Crippen LogP contribution in [0.3, 0.4) is 0 Å². The predicted molar refractivity (Wildman–Crippen MR) is 68.9 cm³/mol. The number of hydrogen-bond acceptors (Lipinski definition) is 4. The van der Waals surface area contributed by atoms with Crippen molar-refractivity contribution in [1.29, 1.82) is 0 Å². The maximum atomic E-state index is 11.9. The highest BCUT2D eigenvalue weighted by Gasteiger charge is 2.45. The fourth-order valence-corrected chi connectivity index (χ4v) is 2.18. The first kappa shape index (κ1) is 14.0. The van der Waals surface area contributed by atoms with Gasteiger partial charge in [-0.05, 0) is 5.56 Å². The SMILES string of the molecule is CC1C(=O)CN(C(=O)OCc2ccccc2)C1C(=O)O. The average molecular weight is 277 g/mol. The van der Waals surface area contributed by atoms with Crippen molar-refractivity contribution in [2.45, 2.75) is 19.6 Å². The molecule has 0 saturated carbocycles. The minimum atomic E-state index is -1.19. The van der Waals surface area contributed by atoms with E-state index in [1.54, 1.807) is 12.1 Å². The molecule has 1 aromatic carbocycles. The Morgan fingerprint density at radius 1 is 1.35 bits per heavy atom. The third kappa shape index (κ3) is 2.79. The van der Waals surface area contributed by atoms with E-state index in [2.05, 4.69) is 0 Å². The molecule has 2 atom stereocenters. The summed E-state index contributed by atoms with van der Waals surface area (Å²) in [4.78, 5) is 35.6. The highest BCUT2D eigenvalue weighted by molar-refractivity contribution is 5.96. The van der Waals surface area contributed by atoms with Crippen LogP contribution in [0.2, 0.25) is 0 Å². The number of Topliss-reactive ketones (excluding diaryl/α,β-unsaturated/α-hetero) is 1. The standard InChI is InChI=1S/C14H15NO5/c1-9-11(16)7-15(12(9)13(17)18)14(19)20-8-10-5-3-2-4-6-10/h2-6,9,12H,7-8H2,1H3,(H,17,18). The van der Waals surface area contributed by atoms with Crippen LogP contribution >= 0.6 is 0 Å². The molecule has 6 nitrogen and oxygen atoms in total. The molecular weight excluding hydrogens is 262 g/mol. The molecule has 0 aliphatic carbocycles. The van der Waals surface area contributed by atoms with Crippen molar-refractivity contribution in [3.63, 3.8) is 0 Å². The molecule has 2 unspecified atom stereocenters. The van der Waals surface area contributed by atoms with Gasteiger partial charge in [0.05, 0.1) is 6.54 Å². The smallest absolute Gasteiger partial charge is 0.411 e. The topological polar surface area (TPSA) is 83.9 Å². The fourth-order valence-electron chi connectivity index (χ4n) is 2.18. The van der Waals surface area contributed by atoms with Crippen molar-refractivity contribution in [2.75, 3.05) is 6.54 Å². The van der Waals surface area contributed by atoms with Crippen molar-refractivity contribution in [2.24, 2.45) is 5.92 Å². The van der Waals surface area contributed by atoms with Gasteiger partial charge in [0, 0.05) is 5.92 Å². The number of hydrogen-bond donors (Lipinski definition) is 1. The predicted octanol–water partition coefficient (Wildman–Crippen LogP) is 1.30. The molecule has 2 rings (SSSR count). The maximum absolute atomic E-state index is 11.9. The van der Waals surface area contributed by atoms with Crippen molar-refractivity contribution in [3.05, 3.63) is 35.9 Å². The molecule has 1 fully saturated rings. The van der Waals surface area contributed by atoms with E-state index in [0.717, 1.165) is 10.5 Å². The van der Waals surface area contributed by atoms with E-state index in [4.69, 9.17) is 9.84 Å². The summed E-state index contributed by atoms with van der Waals surface area (Å²) >= 11 is 0. The number of rotatable bonds is 3. The van der Waals surface area contributed by atoms with Gasteiger partial charge in [0.2, 0.25) is 0 Å². The van der Waals surface area contributed by atoms with Crippen LogP contribution in [0.25, 0.3) is 0 Å². The first-order valence-electron chi connectivity index (χ1n) is 6.23. The van der Waals surface area contributed by atoms with Gasteiger partial charge in [-0.2, -0.15) is 0 Å². The van der Waals surface area contributed by atoms with E-state index in [1.807, 2.05) is 18.2 Å². The zero-order valence-corrected chi connectivity index (χ0v) is 11.0. The number of likely N-dealkylation sites (tertiary alicyclic amines) is 1. The Morgan fingerprint density at radius 2 is 2.00 bits per heavy atom. The minimum absolute atomic E-state index is 0.0467. The van der Waals surface area contributed by atoms with Gasteiger partial charge in [0.25, 0.3) is 0 Å². The maximum Gasteiger partial charge on any atom is 0.411 e. The molecule has 1 aromatic rings. The number of carbonyl (C=O) groups is 3. The lowest BCUT2D eigenvalue weighted by atomic mass is 10.0. The van der Waals surface area contributed by atoms with Gasteiger partial charge in [-0.3, -0.25) is 9.69 Å². The summed E-state index contributed by atoms with van der Waals surface area (Å²) in [6.45, 7) is 1.34. The van der Waals surface area contributed by atoms with Gasteiger partial charge in [0.1, 0.15) is 12.6 Å². The number of benzene rings is 1. The molecule has 1 heterocycles. The van der Waals surface area contributed by atoms with Crippen LogP contribution in [-0.2, 0) is 20.9 Å². The summed E-state index contributed by atoms with van der Waals surface area (Å²) in [6, 6.07) is 7.90. The molecule has 1 aliphatic heterocycles. The van der Waals surface area contributed by atoms with Gasteiger partial charge in [0.15, 0.2) is 5.78 Å². The monoisotopic (exact) mass is 277 g/mol. The molecule has 0 radical (unpaired) electrons. The molecule has 1 saturated heterocycles. The second kappa shape index (κ2) is 5.73. The molecule has 0 spiro atoms. The van der Waals surface area contributed by atoms with E-state index < -0.39 is 24.0 Å². The zero-order valence-electron chi connectivity index (χ0n) is 11.0. The number of amides is 1. The lowest BCUT2D eigenvalue weighted by Gasteiger charge is -2.21. The average Bonchev–Trinajstić information content (AvgIpc) is 2.73. The summed E-state index contributed by atoms with van der Waals surface area (Å²) in [7, 11) is 0. The van der Waals surface area contributed by atoms with Crippen LogP contribution in [0.5, 0.6) is 0 Å². The molecule has 106 valence electrons. The number of carboxylic acids is 1. The summed E-state index contributed by atoms with van der Waals surface area (Å²) < 4.78 is 5.06. The van der Waals surface area contributed by atoms with Crippen LogP contribution in [0.4, 0.5) is 4.79 Å². The first-order chi connectivity index (χ1) is 9.50. The second-order valence-corrected chi connectivity index (χ2v) is 4.71. The number of aliphatic carboxylic acids is 1. The first-order valence-corrected chi connectivity index (χ1v) is 6.23. The van der Waals surface area contributed by atoms with Gasteiger partial charge in [-0.15, -0.1) is 0 Å². The Balaban J connectivity index is 2.01. The molecule has 1 amide bonds. The molecule has 1 N–H and O–H groups in total. The van der Waals surface area contributed by atoms with E-state index in [1.165, 1.54) is 6.92 Å². The van der Waals surface area contributed by atoms with E-state index in [0.29, 0.717) is 0 Å². The van der Waals surface area contributed by atoms with Gasteiger partial charge < -0.3 is 9.84 Å². The lowest BCUT2D eigenvalue weighted by molar-refractivity contribution is -0.143. The summed E-state index contributed by atoms with van der Waals surface area (Å²) in [5.41, 5.74) is 0.797. The molecule has 0 bridgehead atoms. The molecule has 20 heavy (non-hydrogen) atoms. The van der Waals surface area contributed by atoms with E-state index in [9.17, 15) is 14.4 Å². The van der Waals surface area contributed by atoms with Crippen molar-refractivity contribution in [3.8, 4) is 0 Å². The van der Waals surface area contributed by atoms with Crippen molar-refractivity contribution >= 4 is 17.8 Å². The quantitative estimate of drug-likeness (QED) is 0.900. The number of nitrogens with zero attached hydrogens (tertiary/aromatic N) is 1. The Morgan fingerprint density at radius 3 is 2.60 bits per heavy atom. The van der Waals surface area contributed by atoms with Gasteiger partial charge in [-0.1, -0.05) is 37.3 Å². The van der Waals surface area contributed by atoms with Crippen LogP contribution in [-0.4, -0.2) is 40.4 Å². The lowest BCUT2D eigenvalue weighted by Crippen LogP contribution is -2.42. The van der Waals surface area contributed by atoms with Crippen molar-refractivity contribution in [1.82, 2.24) is 4.90 Å². The highest BCUT2D eigenvalue weighted by Crippen LogP contribution is 2.22. The fraction of sp³-hybridized carbons (Fsp3) is 0.357.